The Balaban J connectivity index is 0.000000278. The van der Waals surface area contributed by atoms with Gasteiger partial charge in [-0.1, -0.05) is 23.2 Å². The molecule has 0 saturated heterocycles. The number of hydrogen-bond donors (Lipinski definition) is 2. The number of halogens is 2. The van der Waals surface area contributed by atoms with Crippen LogP contribution in [0, 0.1) is 19.7 Å². The molecule has 3 aromatic rings. The van der Waals surface area contributed by atoms with Crippen LogP contribution in [0.15, 0.2) is 23.7 Å². The standard InChI is InChI=1S/C9H12IN5O.C7H7IN2O.C2H5N3/c1-3-15-5-7(11-13-15)8(16)6-4-14(2)12-9(6)10;1-3-6(11)5-4-10(2)9-7(5)8;1-2-4-5-3/h4-5,8,16H,3H2,1-2H3;1,4,6,11H,2H3;2H2,1H3. The van der Waals surface area contributed by atoms with Gasteiger partial charge in [-0.25, -0.2) is 0 Å². The lowest BCUT2D eigenvalue weighted by molar-refractivity contribution is 0.214. The number of hydrogen-bond acceptors (Lipinski definition) is 7. The Morgan fingerprint density at radius 2 is 1.69 bits per heavy atom. The third-order valence-corrected chi connectivity index (χ3v) is 5.41. The lowest BCUT2D eigenvalue weighted by Gasteiger charge is -2.03. The molecule has 2 atom stereocenters. The van der Waals surface area contributed by atoms with Gasteiger partial charge in [0.25, 0.3) is 0 Å². The number of azide groups is 1. The Morgan fingerprint density at radius 1 is 1.12 bits per heavy atom. The number of aromatic nitrogens is 7. The van der Waals surface area contributed by atoms with E-state index >= 15 is 0 Å². The molecule has 0 bridgehead atoms. The van der Waals surface area contributed by atoms with Gasteiger partial charge in [0, 0.05) is 55.6 Å². The maximum atomic E-state index is 10.1. The predicted octanol–water partition coefficient (Wildman–Crippen LogP) is 2.73. The first-order valence-electron chi connectivity index (χ1n) is 9.29. The predicted molar refractivity (Wildman–Crippen MR) is 135 cm³/mol. The van der Waals surface area contributed by atoms with E-state index in [9.17, 15) is 10.2 Å². The molecule has 14 heteroatoms. The lowest BCUT2D eigenvalue weighted by atomic mass is 10.1. The Morgan fingerprint density at radius 3 is 2.03 bits per heavy atom. The molecule has 0 aliphatic carbocycles. The average Bonchev–Trinajstić information content (AvgIpc) is 3.46. The molecule has 0 aliphatic heterocycles. The molecule has 32 heavy (non-hydrogen) atoms. The Labute approximate surface area is 212 Å². The summed E-state index contributed by atoms with van der Waals surface area (Å²) in [5.74, 6) is 2.23. The summed E-state index contributed by atoms with van der Waals surface area (Å²) in [6.45, 7) is 5.05. The van der Waals surface area contributed by atoms with Crippen LogP contribution >= 0.6 is 45.2 Å². The first-order valence-corrected chi connectivity index (χ1v) is 11.4. The highest BCUT2D eigenvalue weighted by Crippen LogP contribution is 2.23. The zero-order valence-electron chi connectivity index (χ0n) is 18.0. The van der Waals surface area contributed by atoms with E-state index in [1.807, 2.05) is 36.6 Å². The molecule has 12 nitrogen and oxygen atoms in total. The third kappa shape index (κ3) is 8.39. The maximum Gasteiger partial charge on any atom is 0.144 e. The number of nitrogens with zero attached hydrogens (tertiary/aromatic N) is 10. The van der Waals surface area contributed by atoms with Crippen molar-refractivity contribution in [2.75, 3.05) is 6.54 Å². The van der Waals surface area contributed by atoms with Gasteiger partial charge < -0.3 is 10.2 Å². The molecule has 0 aliphatic rings. The fourth-order valence-corrected chi connectivity index (χ4v) is 3.78. The number of rotatable bonds is 5. The molecule has 3 aromatic heterocycles. The Hall–Kier alpha value is -2.19. The summed E-state index contributed by atoms with van der Waals surface area (Å²) in [7, 11) is 3.61. The molecule has 3 rings (SSSR count). The van der Waals surface area contributed by atoms with Crippen LogP contribution < -0.4 is 0 Å². The molecular weight excluding hydrogens is 642 g/mol. The van der Waals surface area contributed by atoms with Gasteiger partial charge in [-0.15, -0.1) is 11.5 Å². The smallest absolute Gasteiger partial charge is 0.144 e. The van der Waals surface area contributed by atoms with E-state index < -0.39 is 12.2 Å². The van der Waals surface area contributed by atoms with Crippen LogP contribution in [0.2, 0.25) is 0 Å². The van der Waals surface area contributed by atoms with Crippen molar-refractivity contribution in [1.82, 2.24) is 34.6 Å². The molecule has 172 valence electrons. The van der Waals surface area contributed by atoms with Crippen LogP contribution in [0.3, 0.4) is 0 Å². The molecule has 0 spiro atoms. The normalized spacial score (nSPS) is 11.7. The van der Waals surface area contributed by atoms with Crippen LogP contribution in [0.4, 0.5) is 0 Å². The van der Waals surface area contributed by atoms with Crippen molar-refractivity contribution < 1.29 is 10.2 Å². The van der Waals surface area contributed by atoms with Crippen molar-refractivity contribution in [1.29, 1.82) is 0 Å². The van der Waals surface area contributed by atoms with Crippen LogP contribution in [0.25, 0.3) is 10.4 Å². The van der Waals surface area contributed by atoms with Crippen LogP contribution in [-0.4, -0.2) is 51.3 Å². The first kappa shape index (κ1) is 27.8. The summed E-state index contributed by atoms with van der Waals surface area (Å²) in [5, 5.41) is 38.5. The zero-order chi connectivity index (χ0) is 24.3. The highest BCUT2D eigenvalue weighted by atomic mass is 127. The second-order valence-electron chi connectivity index (χ2n) is 6.12. The minimum Gasteiger partial charge on any atom is -0.382 e. The zero-order valence-corrected chi connectivity index (χ0v) is 22.3. The van der Waals surface area contributed by atoms with Crippen molar-refractivity contribution in [2.24, 2.45) is 19.2 Å². The largest absolute Gasteiger partial charge is 0.382 e. The second-order valence-corrected chi connectivity index (χ2v) is 8.16. The number of aliphatic hydroxyl groups is 2. The van der Waals surface area contributed by atoms with Crippen LogP contribution in [-0.2, 0) is 20.6 Å². The van der Waals surface area contributed by atoms with E-state index in [0.29, 0.717) is 17.8 Å². The maximum absolute atomic E-state index is 10.1. The van der Waals surface area contributed by atoms with Crippen molar-refractivity contribution in [3.05, 3.63) is 53.3 Å². The molecular formula is C18H24I2N10O2. The van der Waals surface area contributed by atoms with Crippen molar-refractivity contribution >= 4 is 45.2 Å². The summed E-state index contributed by atoms with van der Waals surface area (Å²) >= 11 is 4.12. The van der Waals surface area contributed by atoms with Gasteiger partial charge in [-0.3, -0.25) is 14.0 Å². The molecule has 0 saturated carbocycles. The molecule has 2 N–H and O–H groups in total. The Bertz CT molecular complexity index is 1080. The fraction of sp³-hybridized carbons (Fsp3) is 0.444. The van der Waals surface area contributed by atoms with Crippen LogP contribution in [0.5, 0.6) is 0 Å². The molecule has 0 aromatic carbocycles. The van der Waals surface area contributed by atoms with E-state index in [-0.39, 0.29) is 0 Å². The van der Waals surface area contributed by atoms with Gasteiger partial charge in [0.05, 0.1) is 6.20 Å². The summed E-state index contributed by atoms with van der Waals surface area (Å²) in [4.78, 5) is 2.48. The van der Waals surface area contributed by atoms with Gasteiger partial charge in [-0.05, 0) is 57.6 Å². The third-order valence-electron chi connectivity index (χ3n) is 3.73. The average molecular weight is 666 g/mol. The summed E-state index contributed by atoms with van der Waals surface area (Å²) in [6.07, 6.45) is 8.69. The number of aliphatic hydroxyl groups excluding tert-OH is 2. The Kier molecular flexibility index (Phi) is 12.2. The molecule has 3 heterocycles. The highest BCUT2D eigenvalue weighted by Gasteiger charge is 2.19. The highest BCUT2D eigenvalue weighted by molar-refractivity contribution is 14.1. The fourth-order valence-electron chi connectivity index (χ4n) is 2.23. The molecule has 2 unspecified atom stereocenters. The first-order chi connectivity index (χ1) is 15.2. The van der Waals surface area contributed by atoms with Gasteiger partial charge in [0.2, 0.25) is 0 Å². The van der Waals surface area contributed by atoms with Crippen molar-refractivity contribution in [3.8, 4) is 12.3 Å². The van der Waals surface area contributed by atoms with E-state index in [2.05, 4.69) is 59.0 Å². The van der Waals surface area contributed by atoms with Gasteiger partial charge in [0.1, 0.15) is 25.3 Å². The minimum absolute atomic E-state index is 0.549. The number of aryl methyl sites for hydroxylation is 3. The molecule has 0 amide bonds. The van der Waals surface area contributed by atoms with Crippen molar-refractivity contribution in [3.63, 3.8) is 0 Å². The number of terminal acetylenes is 1. The quantitative estimate of drug-likeness (QED) is 0.140. The topological polar surface area (TPSA) is 156 Å². The molecule has 0 fully saturated rings. The van der Waals surface area contributed by atoms with Gasteiger partial charge in [0.15, 0.2) is 0 Å². The summed E-state index contributed by atoms with van der Waals surface area (Å²) < 4.78 is 6.50. The van der Waals surface area contributed by atoms with E-state index in [4.69, 9.17) is 12.0 Å². The van der Waals surface area contributed by atoms with E-state index in [1.54, 1.807) is 46.6 Å². The lowest BCUT2D eigenvalue weighted by Crippen LogP contribution is -2.00. The van der Waals surface area contributed by atoms with E-state index in [0.717, 1.165) is 19.5 Å². The van der Waals surface area contributed by atoms with Gasteiger partial charge in [-0.2, -0.15) is 10.2 Å². The SMILES string of the molecule is C#CC(O)c1cn(C)nc1I.CCN=[N+]=[N-].CCn1cc(C(O)c2cn(C)nc2I)nn1. The molecule has 0 radical (unpaired) electrons. The van der Waals surface area contributed by atoms with Crippen molar-refractivity contribution in [2.45, 2.75) is 32.6 Å². The monoisotopic (exact) mass is 666 g/mol. The van der Waals surface area contributed by atoms with E-state index in [1.165, 1.54) is 0 Å². The minimum atomic E-state index is -0.837. The second kappa shape index (κ2) is 14.1. The van der Waals surface area contributed by atoms with Crippen LogP contribution in [0.1, 0.15) is 42.9 Å². The van der Waals surface area contributed by atoms with Gasteiger partial charge >= 0.3 is 0 Å². The summed E-state index contributed by atoms with van der Waals surface area (Å²) in [5.41, 5.74) is 9.52. The summed E-state index contributed by atoms with van der Waals surface area (Å²) in [6, 6.07) is 0.